The second kappa shape index (κ2) is 6.87. The molecule has 0 bridgehead atoms. The largest absolute Gasteiger partial charge is 0.345 e. The van der Waals surface area contributed by atoms with E-state index < -0.39 is 0 Å². The van der Waals surface area contributed by atoms with Gasteiger partial charge < -0.3 is 19.7 Å². The molecule has 1 saturated carbocycles. The maximum Gasteiger partial charge on any atom is 0.317 e. The highest BCUT2D eigenvalue weighted by Gasteiger charge is 2.31. The number of rotatable bonds is 4. The lowest BCUT2D eigenvalue weighted by Gasteiger charge is -2.34. The van der Waals surface area contributed by atoms with Crippen LogP contribution in [0.5, 0.6) is 0 Å². The van der Waals surface area contributed by atoms with Gasteiger partial charge in [-0.3, -0.25) is 4.79 Å². The van der Waals surface area contributed by atoms with Gasteiger partial charge in [0.15, 0.2) is 0 Å². The molecular weight excluding hydrogens is 304 g/mol. The summed E-state index contributed by atoms with van der Waals surface area (Å²) >= 11 is 0. The van der Waals surface area contributed by atoms with Gasteiger partial charge in [0.25, 0.3) is 5.91 Å². The minimum Gasteiger partial charge on any atom is -0.345 e. The van der Waals surface area contributed by atoms with Crippen molar-refractivity contribution in [3.63, 3.8) is 0 Å². The number of aryl methyl sites for hydroxylation is 1. The van der Waals surface area contributed by atoms with Crippen LogP contribution in [0.1, 0.15) is 54.0 Å². The van der Waals surface area contributed by atoms with Crippen LogP contribution in [-0.2, 0) is 0 Å². The van der Waals surface area contributed by atoms with Gasteiger partial charge in [-0.1, -0.05) is 6.92 Å². The molecule has 0 spiro atoms. The molecule has 1 saturated heterocycles. The third-order valence-corrected chi connectivity index (χ3v) is 5.01. The third-order valence-electron chi connectivity index (χ3n) is 5.01. The number of nitrogens with zero attached hydrogens (tertiary/aromatic N) is 3. The van der Waals surface area contributed by atoms with Crippen molar-refractivity contribution in [2.45, 2.75) is 46.1 Å². The molecule has 0 unspecified atom stereocenters. The Labute approximate surface area is 143 Å². The standard InChI is InChI=1S/C18H28N4O2/c1-4-7-19-18(24)21-10-8-20(9-11-21)17(23)16-12-13(2)22(14(16)3)15-5-6-15/h12,15H,4-11H2,1-3H3,(H,19,24). The van der Waals surface area contributed by atoms with Crippen molar-refractivity contribution < 1.29 is 9.59 Å². The van der Waals surface area contributed by atoms with Gasteiger partial charge in [-0.15, -0.1) is 0 Å². The van der Waals surface area contributed by atoms with Crippen molar-refractivity contribution in [1.29, 1.82) is 0 Å². The van der Waals surface area contributed by atoms with Gasteiger partial charge >= 0.3 is 6.03 Å². The molecule has 1 aliphatic carbocycles. The minimum absolute atomic E-state index is 0.0177. The number of urea groups is 1. The fourth-order valence-electron chi connectivity index (χ4n) is 3.51. The summed E-state index contributed by atoms with van der Waals surface area (Å²) in [4.78, 5) is 28.5. The molecule has 0 aromatic carbocycles. The van der Waals surface area contributed by atoms with Crippen LogP contribution in [-0.4, -0.2) is 59.0 Å². The highest BCUT2D eigenvalue weighted by Crippen LogP contribution is 2.38. The Balaban J connectivity index is 1.61. The van der Waals surface area contributed by atoms with Crippen LogP contribution in [0.25, 0.3) is 0 Å². The quantitative estimate of drug-likeness (QED) is 0.920. The molecule has 1 N–H and O–H groups in total. The Morgan fingerprint density at radius 1 is 1.12 bits per heavy atom. The maximum atomic E-state index is 12.9. The van der Waals surface area contributed by atoms with E-state index in [1.54, 1.807) is 4.90 Å². The van der Waals surface area contributed by atoms with Gasteiger partial charge in [-0.05, 0) is 39.2 Å². The lowest BCUT2D eigenvalue weighted by molar-refractivity contribution is 0.0664. The zero-order valence-corrected chi connectivity index (χ0v) is 15.0. The highest BCUT2D eigenvalue weighted by molar-refractivity contribution is 5.96. The molecule has 2 aliphatic rings. The first-order valence-electron chi connectivity index (χ1n) is 9.03. The third kappa shape index (κ3) is 3.28. The van der Waals surface area contributed by atoms with Crippen molar-refractivity contribution in [2.24, 2.45) is 0 Å². The number of carbonyl (C=O) groups excluding carboxylic acids is 2. The molecule has 6 nitrogen and oxygen atoms in total. The summed E-state index contributed by atoms with van der Waals surface area (Å²) in [6.45, 7) is 9.27. The molecule has 0 atom stereocenters. The molecule has 1 aromatic heterocycles. The molecule has 132 valence electrons. The smallest absolute Gasteiger partial charge is 0.317 e. The fourth-order valence-corrected chi connectivity index (χ4v) is 3.51. The topological polar surface area (TPSA) is 57.6 Å². The molecule has 24 heavy (non-hydrogen) atoms. The predicted octanol–water partition coefficient (Wildman–Crippen LogP) is 2.32. The first-order valence-corrected chi connectivity index (χ1v) is 9.03. The Morgan fingerprint density at radius 2 is 1.75 bits per heavy atom. The second-order valence-electron chi connectivity index (χ2n) is 6.90. The van der Waals surface area contributed by atoms with E-state index in [1.807, 2.05) is 24.8 Å². The van der Waals surface area contributed by atoms with Gasteiger partial charge in [0.2, 0.25) is 0 Å². The summed E-state index contributed by atoms with van der Waals surface area (Å²) in [5.74, 6) is 0.101. The van der Waals surface area contributed by atoms with Crippen LogP contribution in [0.4, 0.5) is 4.79 Å². The highest BCUT2D eigenvalue weighted by atomic mass is 16.2. The first-order chi connectivity index (χ1) is 11.5. The molecule has 3 amide bonds. The summed E-state index contributed by atoms with van der Waals surface area (Å²) in [5.41, 5.74) is 3.09. The summed E-state index contributed by atoms with van der Waals surface area (Å²) in [5, 5.41) is 2.90. The van der Waals surface area contributed by atoms with Crippen LogP contribution in [0.2, 0.25) is 0 Å². The van der Waals surface area contributed by atoms with Gasteiger partial charge in [0.05, 0.1) is 5.56 Å². The Kier molecular flexibility index (Phi) is 4.83. The normalized spacial score (nSPS) is 18.0. The SMILES string of the molecule is CCCNC(=O)N1CCN(C(=O)c2cc(C)n(C3CC3)c2C)CC1. The number of amides is 3. The van der Waals surface area contributed by atoms with Crippen LogP contribution in [0.15, 0.2) is 6.07 Å². The molecule has 6 heteroatoms. The average molecular weight is 332 g/mol. The number of hydrogen-bond donors (Lipinski definition) is 1. The minimum atomic E-state index is -0.0177. The summed E-state index contributed by atoms with van der Waals surface area (Å²) < 4.78 is 2.31. The summed E-state index contributed by atoms with van der Waals surface area (Å²) in [7, 11) is 0. The van der Waals surface area contributed by atoms with E-state index in [0.717, 1.165) is 17.7 Å². The number of hydrogen-bond acceptors (Lipinski definition) is 2. The summed E-state index contributed by atoms with van der Waals surface area (Å²) in [6.07, 6.45) is 3.37. The van der Waals surface area contributed by atoms with E-state index in [-0.39, 0.29) is 11.9 Å². The van der Waals surface area contributed by atoms with Crippen LogP contribution in [0, 0.1) is 13.8 Å². The molecule has 3 rings (SSSR count). The fraction of sp³-hybridized carbons (Fsp3) is 0.667. The Bertz CT molecular complexity index is 625. The summed E-state index contributed by atoms with van der Waals surface area (Å²) in [6, 6.07) is 2.59. The van der Waals surface area contributed by atoms with E-state index in [2.05, 4.69) is 16.8 Å². The predicted molar refractivity (Wildman–Crippen MR) is 93.3 cm³/mol. The Hall–Kier alpha value is -1.98. The van der Waals surface area contributed by atoms with Gasteiger partial charge in [-0.25, -0.2) is 4.79 Å². The lowest BCUT2D eigenvalue weighted by Crippen LogP contribution is -2.53. The van der Waals surface area contributed by atoms with Crippen LogP contribution >= 0.6 is 0 Å². The number of aromatic nitrogens is 1. The van der Waals surface area contributed by atoms with Gasteiger partial charge in [0, 0.05) is 50.2 Å². The first kappa shape index (κ1) is 16.9. The van der Waals surface area contributed by atoms with E-state index in [0.29, 0.717) is 38.8 Å². The van der Waals surface area contributed by atoms with E-state index >= 15 is 0 Å². The maximum absolute atomic E-state index is 12.9. The van der Waals surface area contributed by atoms with Gasteiger partial charge in [0.1, 0.15) is 0 Å². The van der Waals surface area contributed by atoms with Crippen molar-refractivity contribution in [3.05, 3.63) is 23.0 Å². The number of piperazine rings is 1. The Morgan fingerprint density at radius 3 is 2.33 bits per heavy atom. The molecule has 0 radical (unpaired) electrons. The van der Waals surface area contributed by atoms with Gasteiger partial charge in [-0.2, -0.15) is 0 Å². The molecule has 2 fully saturated rings. The van der Waals surface area contributed by atoms with E-state index in [4.69, 9.17) is 0 Å². The molecular formula is C18H28N4O2. The molecule has 1 aromatic rings. The lowest BCUT2D eigenvalue weighted by atomic mass is 10.2. The average Bonchev–Trinajstić information content (AvgIpc) is 3.37. The van der Waals surface area contributed by atoms with E-state index in [1.165, 1.54) is 18.5 Å². The second-order valence-corrected chi connectivity index (χ2v) is 6.90. The van der Waals surface area contributed by atoms with Crippen molar-refractivity contribution in [1.82, 2.24) is 19.7 Å². The zero-order valence-electron chi connectivity index (χ0n) is 15.0. The van der Waals surface area contributed by atoms with Crippen LogP contribution in [0.3, 0.4) is 0 Å². The van der Waals surface area contributed by atoms with Crippen molar-refractivity contribution in [3.8, 4) is 0 Å². The van der Waals surface area contributed by atoms with Crippen molar-refractivity contribution >= 4 is 11.9 Å². The van der Waals surface area contributed by atoms with Crippen molar-refractivity contribution in [2.75, 3.05) is 32.7 Å². The zero-order chi connectivity index (χ0) is 17.3. The van der Waals surface area contributed by atoms with E-state index in [9.17, 15) is 9.59 Å². The number of nitrogens with one attached hydrogen (secondary N) is 1. The van der Waals surface area contributed by atoms with Crippen LogP contribution < -0.4 is 5.32 Å². The molecule has 2 heterocycles. The molecule has 1 aliphatic heterocycles. The monoisotopic (exact) mass is 332 g/mol. The number of carbonyl (C=O) groups is 2.